The Morgan fingerprint density at radius 2 is 1.58 bits per heavy atom. The smallest absolute Gasteiger partial charge is 0.373 e. The van der Waals surface area contributed by atoms with E-state index in [2.05, 4.69) is 70.3 Å². The van der Waals surface area contributed by atoms with Gasteiger partial charge in [-0.2, -0.15) is 9.59 Å². The molecule has 31 heavy (non-hydrogen) atoms. The molecule has 0 bridgehead atoms. The van der Waals surface area contributed by atoms with Gasteiger partial charge in [-0.25, -0.2) is 4.98 Å². The zero-order valence-corrected chi connectivity index (χ0v) is 17.1. The number of carbonyl (C=O) groups excluding carboxylic acids is 2. The van der Waals surface area contributed by atoms with Crippen LogP contribution in [0.3, 0.4) is 0 Å². The van der Waals surface area contributed by atoms with E-state index in [-0.39, 0.29) is 6.15 Å². The van der Waals surface area contributed by atoms with Gasteiger partial charge in [-0.1, -0.05) is 67.2 Å². The number of hydrogen-bond donors (Lipinski definition) is 0. The van der Waals surface area contributed by atoms with Gasteiger partial charge in [0, 0.05) is 11.3 Å². The van der Waals surface area contributed by atoms with E-state index < -0.39 is 0 Å². The number of pyridine rings is 1. The first-order valence-electron chi connectivity index (χ1n) is 9.70. The van der Waals surface area contributed by atoms with Crippen molar-refractivity contribution in [2.24, 2.45) is 0 Å². The summed E-state index contributed by atoms with van der Waals surface area (Å²) in [6.45, 7) is 6.05. The minimum absolute atomic E-state index is 0.250. The quantitative estimate of drug-likeness (QED) is 0.435. The zero-order valence-electron chi connectivity index (χ0n) is 17.1. The van der Waals surface area contributed by atoms with Gasteiger partial charge in [-0.15, -0.1) is 10.2 Å². The lowest BCUT2D eigenvalue weighted by molar-refractivity contribution is -0.191. The maximum Gasteiger partial charge on any atom is 0.373 e. The maximum absolute atomic E-state index is 8.12. The van der Waals surface area contributed by atoms with Gasteiger partial charge in [0.1, 0.15) is 5.69 Å². The van der Waals surface area contributed by atoms with E-state index in [1.54, 1.807) is 0 Å². The number of allylic oxidation sites excluding steroid dienone is 1. The summed E-state index contributed by atoms with van der Waals surface area (Å²) in [5.41, 5.74) is 6.12. The van der Waals surface area contributed by atoms with Crippen molar-refractivity contribution in [1.82, 2.24) is 15.2 Å². The molecule has 0 amide bonds. The highest BCUT2D eigenvalue weighted by Gasteiger charge is 2.12. The molecule has 0 aliphatic heterocycles. The summed E-state index contributed by atoms with van der Waals surface area (Å²) in [6, 6.07) is 24.7. The van der Waals surface area contributed by atoms with Crippen LogP contribution in [0, 0.1) is 6.92 Å². The average Bonchev–Trinajstić information content (AvgIpc) is 3.30. The van der Waals surface area contributed by atoms with Crippen LogP contribution in [0.5, 0.6) is 0 Å². The largest absolute Gasteiger partial charge is 0.415 e. The second kappa shape index (κ2) is 10.6. The maximum atomic E-state index is 8.12. The van der Waals surface area contributed by atoms with Gasteiger partial charge in [0.25, 0.3) is 5.89 Å². The van der Waals surface area contributed by atoms with Crippen LogP contribution in [-0.4, -0.2) is 21.3 Å². The highest BCUT2D eigenvalue weighted by Crippen LogP contribution is 2.24. The minimum atomic E-state index is 0.250. The van der Waals surface area contributed by atoms with Crippen molar-refractivity contribution in [3.8, 4) is 22.7 Å². The number of hydrogen-bond acceptors (Lipinski definition) is 6. The van der Waals surface area contributed by atoms with Crippen LogP contribution in [0.4, 0.5) is 0 Å². The van der Waals surface area contributed by atoms with Gasteiger partial charge in [-0.05, 0) is 48.6 Å². The van der Waals surface area contributed by atoms with Crippen LogP contribution in [0.25, 0.3) is 28.3 Å². The molecule has 0 N–H and O–H groups in total. The number of rotatable bonds is 6. The normalized spacial score (nSPS) is 9.97. The van der Waals surface area contributed by atoms with Crippen molar-refractivity contribution in [2.45, 2.75) is 19.8 Å². The fraction of sp³-hybridized carbons (Fsp3) is 0.120. The van der Waals surface area contributed by atoms with E-state index in [9.17, 15) is 0 Å². The molecule has 2 aromatic carbocycles. The molecule has 0 aliphatic carbocycles. The Morgan fingerprint density at radius 3 is 2.26 bits per heavy atom. The van der Waals surface area contributed by atoms with Crippen molar-refractivity contribution in [1.29, 1.82) is 0 Å². The summed E-state index contributed by atoms with van der Waals surface area (Å²) in [5.74, 6) is 0.895. The summed E-state index contributed by atoms with van der Waals surface area (Å²) in [4.78, 5) is 20.7. The molecule has 6 nitrogen and oxygen atoms in total. The topological polar surface area (TPSA) is 85.9 Å². The summed E-state index contributed by atoms with van der Waals surface area (Å²) in [7, 11) is 0. The van der Waals surface area contributed by atoms with E-state index in [0.717, 1.165) is 24.1 Å². The Labute approximate surface area is 180 Å². The summed E-state index contributed by atoms with van der Waals surface area (Å²) < 4.78 is 5.77. The summed E-state index contributed by atoms with van der Waals surface area (Å²) in [6.07, 6.45) is 1.88. The lowest BCUT2D eigenvalue weighted by Gasteiger charge is -2.05. The standard InChI is InChI=1S/C24H21N3O.CO2/c1-17(23-26-27-24(28-23)22-10-6-7-18(2)25-22)11-12-19-13-15-21(16-14-19)20-8-4-3-5-9-20;2-1-3/h3-10,13-16H,1,11-12H2,2H3;. The van der Waals surface area contributed by atoms with Crippen molar-refractivity contribution in [3.05, 3.63) is 96.5 Å². The number of aromatic nitrogens is 3. The Hall–Kier alpha value is -4.15. The Morgan fingerprint density at radius 1 is 0.903 bits per heavy atom. The van der Waals surface area contributed by atoms with Gasteiger partial charge in [0.15, 0.2) is 0 Å². The lowest BCUT2D eigenvalue weighted by Crippen LogP contribution is -1.89. The lowest BCUT2D eigenvalue weighted by atomic mass is 10.0. The Kier molecular flexibility index (Phi) is 7.35. The molecular formula is C25H21N3O3. The van der Waals surface area contributed by atoms with E-state index in [0.29, 0.717) is 17.5 Å². The monoisotopic (exact) mass is 411 g/mol. The Bertz CT molecular complexity index is 1180. The fourth-order valence-electron chi connectivity index (χ4n) is 3.03. The summed E-state index contributed by atoms with van der Waals surface area (Å²) >= 11 is 0. The van der Waals surface area contributed by atoms with E-state index in [4.69, 9.17) is 14.0 Å². The summed E-state index contributed by atoms with van der Waals surface area (Å²) in [5, 5.41) is 8.24. The van der Waals surface area contributed by atoms with Crippen LogP contribution >= 0.6 is 0 Å². The van der Waals surface area contributed by atoms with Gasteiger partial charge in [-0.3, -0.25) is 0 Å². The number of aryl methyl sites for hydroxylation is 2. The van der Waals surface area contributed by atoms with Crippen molar-refractivity contribution >= 4 is 11.7 Å². The highest BCUT2D eigenvalue weighted by molar-refractivity contribution is 5.63. The molecule has 0 aliphatic rings. The molecule has 2 heterocycles. The predicted molar refractivity (Wildman–Crippen MR) is 117 cm³/mol. The van der Waals surface area contributed by atoms with Crippen LogP contribution in [0.15, 0.2) is 83.8 Å². The molecule has 0 fully saturated rings. The van der Waals surface area contributed by atoms with Crippen LogP contribution in [-0.2, 0) is 16.0 Å². The number of benzene rings is 2. The fourth-order valence-corrected chi connectivity index (χ4v) is 3.03. The van der Waals surface area contributed by atoms with Crippen LogP contribution in [0.2, 0.25) is 0 Å². The Balaban J connectivity index is 0.000000858. The minimum Gasteiger partial charge on any atom is -0.415 e. The average molecular weight is 411 g/mol. The second-order valence-corrected chi connectivity index (χ2v) is 6.83. The third-order valence-electron chi connectivity index (χ3n) is 4.61. The first-order valence-corrected chi connectivity index (χ1v) is 9.70. The molecule has 2 aromatic heterocycles. The third-order valence-corrected chi connectivity index (χ3v) is 4.61. The molecule has 4 aromatic rings. The molecule has 0 saturated heterocycles. The van der Waals surface area contributed by atoms with Crippen LogP contribution < -0.4 is 0 Å². The van der Waals surface area contributed by atoms with Gasteiger partial charge >= 0.3 is 6.15 Å². The molecular weight excluding hydrogens is 390 g/mol. The van der Waals surface area contributed by atoms with E-state index in [1.165, 1.54) is 16.7 Å². The van der Waals surface area contributed by atoms with Crippen molar-refractivity contribution < 1.29 is 14.0 Å². The molecule has 0 atom stereocenters. The van der Waals surface area contributed by atoms with Gasteiger partial charge in [0.2, 0.25) is 5.89 Å². The molecule has 0 spiro atoms. The van der Waals surface area contributed by atoms with Crippen molar-refractivity contribution in [2.75, 3.05) is 0 Å². The molecule has 154 valence electrons. The van der Waals surface area contributed by atoms with Crippen molar-refractivity contribution in [3.63, 3.8) is 0 Å². The van der Waals surface area contributed by atoms with E-state index >= 15 is 0 Å². The molecule has 4 rings (SSSR count). The molecule has 0 unspecified atom stereocenters. The third kappa shape index (κ3) is 5.92. The molecule has 6 heteroatoms. The highest BCUT2D eigenvalue weighted by atomic mass is 16.4. The SMILES string of the molecule is C=C(CCc1ccc(-c2ccccc2)cc1)c1nnc(-c2cccc(C)n2)o1.O=C=O. The molecule has 0 saturated carbocycles. The van der Waals surface area contributed by atoms with Crippen LogP contribution in [0.1, 0.15) is 23.6 Å². The van der Waals surface area contributed by atoms with Gasteiger partial charge in [0.05, 0.1) is 0 Å². The first kappa shape index (κ1) is 21.6. The first-order chi connectivity index (χ1) is 15.1. The van der Waals surface area contributed by atoms with E-state index in [1.807, 2.05) is 31.2 Å². The second-order valence-electron chi connectivity index (χ2n) is 6.83. The zero-order chi connectivity index (χ0) is 22.1. The van der Waals surface area contributed by atoms with Gasteiger partial charge < -0.3 is 4.42 Å². The number of nitrogens with zero attached hydrogens (tertiary/aromatic N) is 3. The predicted octanol–water partition coefficient (Wildman–Crippen LogP) is 5.17. The molecule has 0 radical (unpaired) electrons.